The molecule has 5 heteroatoms. The quantitative estimate of drug-likeness (QED) is 0.458. The van der Waals surface area contributed by atoms with Crippen molar-refractivity contribution in [1.82, 2.24) is 0 Å². The Labute approximate surface area is 132 Å². The molecule has 0 aromatic carbocycles. The van der Waals surface area contributed by atoms with Crippen molar-refractivity contribution in [2.75, 3.05) is 0 Å². The summed E-state index contributed by atoms with van der Waals surface area (Å²) >= 11 is -0.743. The molecule has 0 aliphatic rings. The zero-order chi connectivity index (χ0) is 15.6. The number of rotatable bonds is 11. The number of carboxylic acids is 1. The molecule has 0 aromatic rings. The number of hydrogen-bond acceptors (Lipinski definition) is 3. The van der Waals surface area contributed by atoms with Crippen LogP contribution in [0.2, 0.25) is 3.72 Å². The standard InChI is InChI=1S/C9H19.C6H10O4.Ti/c1-5-9(4)7-6-8(2)3;7-5(8)3-1-2-4-6(9)10;/h8H,5-7H2,1-4H3;1-4H2,(H,7,8)(H,9,10);/q;;+1/p-1. The summed E-state index contributed by atoms with van der Waals surface area (Å²) in [4.78, 5) is 22.0. The Kier molecular flexibility index (Phi) is 10.2. The molecular weight excluding hydrogens is 292 g/mol. The minimum absolute atomic E-state index is 0.130. The summed E-state index contributed by atoms with van der Waals surface area (Å²) in [5.41, 5.74) is 0. The Morgan fingerprint density at radius 2 is 1.85 bits per heavy atom. The maximum absolute atomic E-state index is 11.7. The van der Waals surface area contributed by atoms with E-state index in [2.05, 4.69) is 27.7 Å². The van der Waals surface area contributed by atoms with Gasteiger partial charge >= 0.3 is 132 Å². The van der Waals surface area contributed by atoms with Gasteiger partial charge in [-0.05, 0) is 0 Å². The van der Waals surface area contributed by atoms with Gasteiger partial charge in [0.15, 0.2) is 0 Å². The molecule has 1 unspecified atom stereocenters. The van der Waals surface area contributed by atoms with Crippen LogP contribution in [0.25, 0.3) is 0 Å². The van der Waals surface area contributed by atoms with Crippen molar-refractivity contribution >= 4 is 11.9 Å². The Hall–Kier alpha value is -0.346. The van der Waals surface area contributed by atoms with Crippen LogP contribution in [0.1, 0.15) is 72.6 Å². The van der Waals surface area contributed by atoms with Crippen LogP contribution in [0.4, 0.5) is 0 Å². The van der Waals surface area contributed by atoms with Gasteiger partial charge in [-0.3, -0.25) is 0 Å². The Balaban J connectivity index is 3.91. The second-order valence-electron chi connectivity index (χ2n) is 6.02. The summed E-state index contributed by atoms with van der Waals surface area (Å²) in [5.74, 6) is -0.280. The monoisotopic (exact) mass is 320 g/mol. The average molecular weight is 320 g/mol. The molecule has 0 aliphatic heterocycles. The topological polar surface area (TPSA) is 63.6 Å². The molecular formula is C15H28O4Ti. The molecule has 0 fully saturated rings. The van der Waals surface area contributed by atoms with E-state index >= 15 is 0 Å². The molecule has 0 bridgehead atoms. The molecule has 0 rings (SSSR count). The number of unbranched alkanes of at least 4 members (excludes halogenated alkanes) is 1. The molecule has 0 aliphatic carbocycles. The van der Waals surface area contributed by atoms with E-state index in [9.17, 15) is 9.59 Å². The summed E-state index contributed by atoms with van der Waals surface area (Å²) in [7, 11) is 0. The van der Waals surface area contributed by atoms with Gasteiger partial charge in [0.25, 0.3) is 0 Å². The van der Waals surface area contributed by atoms with Gasteiger partial charge < -0.3 is 0 Å². The Morgan fingerprint density at radius 1 is 1.25 bits per heavy atom. The molecule has 4 nitrogen and oxygen atoms in total. The third-order valence-electron chi connectivity index (χ3n) is 3.49. The van der Waals surface area contributed by atoms with Crippen molar-refractivity contribution in [2.45, 2.75) is 76.4 Å². The number of carbonyl (C=O) groups excluding carboxylic acids is 1. The van der Waals surface area contributed by atoms with Gasteiger partial charge in [-0.15, -0.1) is 0 Å². The van der Waals surface area contributed by atoms with E-state index in [4.69, 9.17) is 8.42 Å². The summed E-state index contributed by atoms with van der Waals surface area (Å²) in [6, 6.07) is 0. The molecule has 0 saturated heterocycles. The van der Waals surface area contributed by atoms with Crippen molar-refractivity contribution in [3.05, 3.63) is 0 Å². The normalized spacial score (nSPS) is 13.8. The van der Waals surface area contributed by atoms with Crippen molar-refractivity contribution in [3.8, 4) is 0 Å². The molecule has 0 saturated carbocycles. The van der Waals surface area contributed by atoms with Crippen LogP contribution in [0.15, 0.2) is 0 Å². The van der Waals surface area contributed by atoms with Crippen LogP contribution in [0.3, 0.4) is 0 Å². The van der Waals surface area contributed by atoms with Crippen molar-refractivity contribution in [3.63, 3.8) is 0 Å². The Bertz CT molecular complexity index is 304. The van der Waals surface area contributed by atoms with Crippen LogP contribution in [0, 0.1) is 5.92 Å². The molecule has 0 heterocycles. The van der Waals surface area contributed by atoms with Crippen LogP contribution < -0.4 is 0 Å². The fraction of sp³-hybridized carbons (Fsp3) is 0.867. The Morgan fingerprint density at radius 3 is 2.35 bits per heavy atom. The summed E-state index contributed by atoms with van der Waals surface area (Å²) in [6.45, 7) is 8.80. The van der Waals surface area contributed by atoms with Gasteiger partial charge in [0.1, 0.15) is 0 Å². The molecule has 0 spiro atoms. The maximum atomic E-state index is 11.7. The third kappa shape index (κ3) is 10.4. The van der Waals surface area contributed by atoms with E-state index in [-0.39, 0.29) is 16.1 Å². The third-order valence-corrected chi connectivity index (χ3v) is 5.71. The number of carbonyl (C=O) groups is 2. The zero-order valence-corrected chi connectivity index (χ0v) is 14.8. The van der Waals surface area contributed by atoms with E-state index in [1.54, 1.807) is 0 Å². The van der Waals surface area contributed by atoms with E-state index < -0.39 is 25.5 Å². The van der Waals surface area contributed by atoms with Gasteiger partial charge in [0, 0.05) is 0 Å². The summed E-state index contributed by atoms with van der Waals surface area (Å²) in [5, 5.41) is 8.51. The first-order valence-corrected chi connectivity index (χ1v) is 8.89. The number of carboxylic acid groups (broad SMARTS) is 1. The molecule has 0 radical (unpaired) electrons. The first-order chi connectivity index (χ1) is 9.29. The molecule has 0 aromatic heterocycles. The second kappa shape index (κ2) is 10.4. The molecule has 1 N–H and O–H groups in total. The molecule has 0 amide bonds. The molecule has 116 valence electrons. The molecule has 20 heavy (non-hydrogen) atoms. The predicted octanol–water partition coefficient (Wildman–Crippen LogP) is 4.20. The first-order valence-electron chi connectivity index (χ1n) is 7.47. The van der Waals surface area contributed by atoms with Gasteiger partial charge in [-0.25, -0.2) is 0 Å². The van der Waals surface area contributed by atoms with Crippen LogP contribution in [-0.4, -0.2) is 17.0 Å². The minimum atomic E-state index is -0.806. The fourth-order valence-electron chi connectivity index (χ4n) is 1.68. The van der Waals surface area contributed by atoms with E-state index in [1.807, 2.05) is 0 Å². The predicted molar refractivity (Wildman–Crippen MR) is 74.9 cm³/mol. The summed E-state index contributed by atoms with van der Waals surface area (Å²) < 4.78 is 5.66. The van der Waals surface area contributed by atoms with Crippen molar-refractivity contribution < 1.29 is 37.6 Å². The number of hydrogen-bond donors (Lipinski definition) is 1. The number of aliphatic carboxylic acids is 1. The SMILES string of the molecule is CC[C](C)(CCC(C)C)[Ti][O]C(=O)CCCCC(=O)O. The second-order valence-corrected chi connectivity index (χ2v) is 8.55. The van der Waals surface area contributed by atoms with Gasteiger partial charge in [-0.1, -0.05) is 0 Å². The van der Waals surface area contributed by atoms with E-state index in [0.29, 0.717) is 25.2 Å². The molecule has 1 atom stereocenters. The van der Waals surface area contributed by atoms with E-state index in [0.717, 1.165) is 12.8 Å². The van der Waals surface area contributed by atoms with Crippen LogP contribution in [-0.2, 0) is 32.4 Å². The van der Waals surface area contributed by atoms with Crippen molar-refractivity contribution in [2.24, 2.45) is 5.92 Å². The average Bonchev–Trinajstić information content (AvgIpc) is 2.39. The first kappa shape index (κ1) is 19.7. The van der Waals surface area contributed by atoms with Crippen LogP contribution >= 0.6 is 0 Å². The summed E-state index contributed by atoms with van der Waals surface area (Å²) in [6.07, 6.45) is 4.96. The van der Waals surface area contributed by atoms with Gasteiger partial charge in [0.2, 0.25) is 0 Å². The van der Waals surface area contributed by atoms with Crippen molar-refractivity contribution in [1.29, 1.82) is 0 Å². The van der Waals surface area contributed by atoms with E-state index in [1.165, 1.54) is 6.42 Å². The fourth-order valence-corrected chi connectivity index (χ4v) is 3.02. The van der Waals surface area contributed by atoms with Crippen LogP contribution in [0.5, 0.6) is 0 Å². The zero-order valence-electron chi connectivity index (χ0n) is 13.2. The van der Waals surface area contributed by atoms with Gasteiger partial charge in [-0.2, -0.15) is 0 Å². The van der Waals surface area contributed by atoms with Gasteiger partial charge in [0.05, 0.1) is 0 Å².